The molecular formula is C19H17BrN4O3S2. The van der Waals surface area contributed by atoms with Crippen molar-refractivity contribution in [1.29, 1.82) is 0 Å². The van der Waals surface area contributed by atoms with Crippen molar-refractivity contribution in [1.82, 2.24) is 15.3 Å². The Morgan fingerprint density at radius 1 is 1.17 bits per heavy atom. The minimum Gasteiger partial charge on any atom is -0.351 e. The van der Waals surface area contributed by atoms with E-state index in [1.54, 1.807) is 23.5 Å². The minimum atomic E-state index is -0.364. The van der Waals surface area contributed by atoms with Crippen LogP contribution in [0.1, 0.15) is 10.6 Å². The molecule has 150 valence electrons. The zero-order chi connectivity index (χ0) is 20.6. The SMILES string of the molecule is O=C(Cc1cc(=O)[nH]c(SCC(=O)Nc2ccc(Br)cc2)n1)NCc1cccs1. The van der Waals surface area contributed by atoms with E-state index in [4.69, 9.17) is 0 Å². The van der Waals surface area contributed by atoms with Crippen molar-refractivity contribution in [3.05, 3.63) is 73.2 Å². The van der Waals surface area contributed by atoms with E-state index in [2.05, 4.69) is 36.5 Å². The molecule has 0 aliphatic rings. The summed E-state index contributed by atoms with van der Waals surface area (Å²) in [6.45, 7) is 0.442. The number of thiophene rings is 1. The second-order valence-corrected chi connectivity index (χ2v) is 8.83. The Morgan fingerprint density at radius 2 is 1.97 bits per heavy atom. The van der Waals surface area contributed by atoms with Crippen molar-refractivity contribution in [2.75, 3.05) is 11.1 Å². The van der Waals surface area contributed by atoms with Gasteiger partial charge in [0.25, 0.3) is 5.56 Å². The number of carbonyl (C=O) groups is 2. The molecule has 29 heavy (non-hydrogen) atoms. The fourth-order valence-corrected chi connectivity index (χ4v) is 3.94. The van der Waals surface area contributed by atoms with E-state index in [0.29, 0.717) is 23.1 Å². The lowest BCUT2D eigenvalue weighted by atomic mass is 10.3. The normalized spacial score (nSPS) is 10.5. The molecule has 0 unspecified atom stereocenters. The number of aromatic nitrogens is 2. The van der Waals surface area contributed by atoms with Gasteiger partial charge in [-0.3, -0.25) is 14.4 Å². The highest BCUT2D eigenvalue weighted by Crippen LogP contribution is 2.16. The quantitative estimate of drug-likeness (QED) is 0.330. The van der Waals surface area contributed by atoms with Gasteiger partial charge in [0.05, 0.1) is 24.4 Å². The van der Waals surface area contributed by atoms with Gasteiger partial charge in [-0.2, -0.15) is 0 Å². The molecule has 0 atom stereocenters. The molecule has 2 aromatic heterocycles. The van der Waals surface area contributed by atoms with Crippen molar-refractivity contribution in [2.24, 2.45) is 0 Å². The van der Waals surface area contributed by atoms with Gasteiger partial charge < -0.3 is 15.6 Å². The Morgan fingerprint density at radius 3 is 2.69 bits per heavy atom. The lowest BCUT2D eigenvalue weighted by molar-refractivity contribution is -0.120. The van der Waals surface area contributed by atoms with E-state index in [-0.39, 0.29) is 29.5 Å². The maximum atomic E-state index is 12.1. The number of rotatable bonds is 8. The molecule has 0 radical (unpaired) electrons. The molecule has 0 aliphatic carbocycles. The summed E-state index contributed by atoms with van der Waals surface area (Å²) >= 11 is 5.99. The lowest BCUT2D eigenvalue weighted by Crippen LogP contribution is -2.25. The first kappa shape index (κ1) is 21.3. The smallest absolute Gasteiger partial charge is 0.251 e. The van der Waals surface area contributed by atoms with Crippen LogP contribution in [0.5, 0.6) is 0 Å². The second-order valence-electron chi connectivity index (χ2n) is 5.92. The first-order chi connectivity index (χ1) is 14.0. The molecule has 0 saturated carbocycles. The van der Waals surface area contributed by atoms with Gasteiger partial charge in [0.15, 0.2) is 5.16 Å². The summed E-state index contributed by atoms with van der Waals surface area (Å²) in [5.41, 5.74) is 0.668. The van der Waals surface area contributed by atoms with Crippen LogP contribution in [-0.4, -0.2) is 27.5 Å². The number of hydrogen-bond donors (Lipinski definition) is 3. The average molecular weight is 493 g/mol. The van der Waals surface area contributed by atoms with E-state index < -0.39 is 0 Å². The highest BCUT2D eigenvalue weighted by atomic mass is 79.9. The Bertz CT molecular complexity index is 1040. The first-order valence-corrected chi connectivity index (χ1v) is 11.2. The largest absolute Gasteiger partial charge is 0.351 e. The zero-order valence-corrected chi connectivity index (χ0v) is 18.3. The van der Waals surface area contributed by atoms with Gasteiger partial charge in [-0.25, -0.2) is 4.98 Å². The number of halogens is 1. The Kier molecular flexibility index (Phi) is 7.62. The average Bonchev–Trinajstić information content (AvgIpc) is 3.20. The topological polar surface area (TPSA) is 104 Å². The maximum Gasteiger partial charge on any atom is 0.251 e. The third-order valence-electron chi connectivity index (χ3n) is 3.62. The molecule has 7 nitrogen and oxygen atoms in total. The van der Waals surface area contributed by atoms with Gasteiger partial charge in [0.2, 0.25) is 11.8 Å². The molecule has 0 bridgehead atoms. The van der Waals surface area contributed by atoms with Crippen molar-refractivity contribution in [3.63, 3.8) is 0 Å². The van der Waals surface area contributed by atoms with Crippen molar-refractivity contribution in [3.8, 4) is 0 Å². The summed E-state index contributed by atoms with van der Waals surface area (Å²) < 4.78 is 0.919. The summed E-state index contributed by atoms with van der Waals surface area (Å²) in [5.74, 6) is -0.368. The summed E-state index contributed by atoms with van der Waals surface area (Å²) in [7, 11) is 0. The maximum absolute atomic E-state index is 12.1. The number of aromatic amines is 1. The van der Waals surface area contributed by atoms with E-state index in [1.807, 2.05) is 29.6 Å². The second kappa shape index (κ2) is 10.4. The molecule has 2 amide bonds. The van der Waals surface area contributed by atoms with Crippen LogP contribution in [0, 0.1) is 0 Å². The number of H-pyrrole nitrogens is 1. The van der Waals surface area contributed by atoms with Gasteiger partial charge >= 0.3 is 0 Å². The van der Waals surface area contributed by atoms with Crippen LogP contribution in [0.25, 0.3) is 0 Å². The number of anilines is 1. The van der Waals surface area contributed by atoms with Crippen molar-refractivity contribution >= 4 is 56.5 Å². The number of amides is 2. The highest BCUT2D eigenvalue weighted by molar-refractivity contribution is 9.10. The molecular weight excluding hydrogens is 476 g/mol. The van der Waals surface area contributed by atoms with Crippen LogP contribution in [0.4, 0.5) is 5.69 Å². The van der Waals surface area contributed by atoms with Crippen LogP contribution >= 0.6 is 39.0 Å². The van der Waals surface area contributed by atoms with Gasteiger partial charge in [-0.05, 0) is 35.7 Å². The van der Waals surface area contributed by atoms with Gasteiger partial charge in [-0.15, -0.1) is 11.3 Å². The fourth-order valence-electron chi connectivity index (χ4n) is 2.33. The molecule has 2 heterocycles. The van der Waals surface area contributed by atoms with E-state index >= 15 is 0 Å². The van der Waals surface area contributed by atoms with Crippen LogP contribution in [0.2, 0.25) is 0 Å². The molecule has 0 aliphatic heterocycles. The molecule has 0 fully saturated rings. The van der Waals surface area contributed by atoms with Gasteiger partial charge in [-0.1, -0.05) is 33.8 Å². The number of nitrogens with one attached hydrogen (secondary N) is 3. The Hall–Kier alpha value is -2.43. The number of carbonyl (C=O) groups excluding carboxylic acids is 2. The van der Waals surface area contributed by atoms with Gasteiger partial charge in [0, 0.05) is 21.1 Å². The molecule has 3 rings (SSSR count). The summed E-state index contributed by atoms with van der Waals surface area (Å²) in [6.07, 6.45) is -0.00601. The first-order valence-electron chi connectivity index (χ1n) is 8.55. The number of thioether (sulfide) groups is 1. The predicted octanol–water partition coefficient (Wildman–Crippen LogP) is 3.18. The predicted molar refractivity (Wildman–Crippen MR) is 118 cm³/mol. The number of nitrogens with zero attached hydrogens (tertiary/aromatic N) is 1. The third-order valence-corrected chi connectivity index (χ3v) is 5.90. The van der Waals surface area contributed by atoms with Crippen LogP contribution in [0.3, 0.4) is 0 Å². The highest BCUT2D eigenvalue weighted by Gasteiger charge is 2.10. The summed E-state index contributed by atoms with van der Waals surface area (Å²) in [6, 6.07) is 12.4. The van der Waals surface area contributed by atoms with Gasteiger partial charge in [0.1, 0.15) is 0 Å². The standard InChI is InChI=1S/C19H17BrN4O3S2/c20-12-3-5-13(6-4-12)22-18(27)11-29-19-23-14(9-17(26)24-19)8-16(25)21-10-15-2-1-7-28-15/h1-7,9H,8,10-11H2,(H,21,25)(H,22,27)(H,23,24,26). The van der Waals surface area contributed by atoms with E-state index in [9.17, 15) is 14.4 Å². The van der Waals surface area contributed by atoms with E-state index in [1.165, 1.54) is 6.07 Å². The van der Waals surface area contributed by atoms with Crippen molar-refractivity contribution < 1.29 is 9.59 Å². The Balaban J connectivity index is 1.52. The molecule has 3 aromatic rings. The van der Waals surface area contributed by atoms with Crippen LogP contribution in [0.15, 0.2) is 62.3 Å². The molecule has 0 spiro atoms. The minimum absolute atomic E-state index is 0.00601. The molecule has 3 N–H and O–H groups in total. The molecule has 1 aromatic carbocycles. The monoisotopic (exact) mass is 492 g/mol. The molecule has 0 saturated heterocycles. The fraction of sp³-hybridized carbons (Fsp3) is 0.158. The summed E-state index contributed by atoms with van der Waals surface area (Å²) in [5, 5.41) is 7.80. The number of benzene rings is 1. The summed E-state index contributed by atoms with van der Waals surface area (Å²) in [4.78, 5) is 43.9. The third kappa shape index (κ3) is 7.15. The zero-order valence-electron chi connectivity index (χ0n) is 15.1. The van der Waals surface area contributed by atoms with Crippen molar-refractivity contribution in [2.45, 2.75) is 18.1 Å². The Labute approximate surface area is 183 Å². The van der Waals surface area contributed by atoms with Crippen LogP contribution in [-0.2, 0) is 22.6 Å². The molecule has 10 heteroatoms. The van der Waals surface area contributed by atoms with Crippen LogP contribution < -0.4 is 16.2 Å². The lowest BCUT2D eigenvalue weighted by Gasteiger charge is -2.06. The number of hydrogen-bond acceptors (Lipinski definition) is 6. The van der Waals surface area contributed by atoms with E-state index in [0.717, 1.165) is 21.1 Å².